The van der Waals surface area contributed by atoms with Gasteiger partial charge in [-0.3, -0.25) is 4.79 Å². The van der Waals surface area contributed by atoms with Crippen molar-refractivity contribution in [2.45, 2.75) is 326 Å². The Hall–Kier alpha value is -2.89. The molecule has 7 unspecified atom stereocenters. The van der Waals surface area contributed by atoms with Crippen molar-refractivity contribution in [3.8, 4) is 0 Å². The number of ether oxygens (including phenoxy) is 2. The van der Waals surface area contributed by atoms with Gasteiger partial charge in [-0.2, -0.15) is 0 Å². The summed E-state index contributed by atoms with van der Waals surface area (Å²) in [6.45, 7) is 3.65. The molecule has 0 radical (unpaired) electrons. The van der Waals surface area contributed by atoms with Gasteiger partial charge in [0.1, 0.15) is 24.4 Å². The molecular weight excluding hydrogens is 983 g/mol. The van der Waals surface area contributed by atoms with Gasteiger partial charge in [-0.15, -0.1) is 0 Å². The molecule has 0 aromatic heterocycles. The molecule has 9 heteroatoms. The Kier molecular flexibility index (Phi) is 54.7. The van der Waals surface area contributed by atoms with E-state index in [1.54, 1.807) is 6.08 Å². The van der Waals surface area contributed by atoms with Gasteiger partial charge in [0, 0.05) is 6.42 Å². The first-order valence-corrected chi connectivity index (χ1v) is 33.0. The van der Waals surface area contributed by atoms with Crippen molar-refractivity contribution in [3.05, 3.63) is 97.2 Å². The number of hydrogen-bond donors (Lipinski definition) is 6. The topological polar surface area (TPSA) is 149 Å². The number of carbonyl (C=O) groups is 1. The first kappa shape index (κ1) is 74.1. The van der Waals surface area contributed by atoms with Gasteiger partial charge < -0.3 is 40.3 Å². The summed E-state index contributed by atoms with van der Waals surface area (Å²) in [6.07, 6.45) is 78.0. The molecule has 1 aliphatic rings. The summed E-state index contributed by atoms with van der Waals surface area (Å²) in [7, 11) is 0. The lowest BCUT2D eigenvalue weighted by atomic mass is 9.99. The summed E-state index contributed by atoms with van der Waals surface area (Å²) in [5.74, 6) is -0.185. The molecule has 1 amide bonds. The zero-order valence-corrected chi connectivity index (χ0v) is 50.9. The van der Waals surface area contributed by atoms with E-state index in [0.29, 0.717) is 6.42 Å². The van der Waals surface area contributed by atoms with Gasteiger partial charge >= 0.3 is 0 Å². The maximum atomic E-state index is 13.1. The van der Waals surface area contributed by atoms with Crippen molar-refractivity contribution in [1.29, 1.82) is 0 Å². The summed E-state index contributed by atoms with van der Waals surface area (Å²) in [5, 5.41) is 54.5. The summed E-state index contributed by atoms with van der Waals surface area (Å²) in [6, 6.07) is -0.824. The Morgan fingerprint density at radius 3 is 1.22 bits per heavy atom. The van der Waals surface area contributed by atoms with Crippen LogP contribution in [0.4, 0.5) is 0 Å². The predicted octanol–water partition coefficient (Wildman–Crippen LogP) is 17.5. The first-order chi connectivity index (χ1) is 38.8. The highest BCUT2D eigenvalue weighted by atomic mass is 16.7. The van der Waals surface area contributed by atoms with Crippen molar-refractivity contribution in [2.24, 2.45) is 0 Å². The van der Waals surface area contributed by atoms with Gasteiger partial charge in [0.2, 0.25) is 5.91 Å². The van der Waals surface area contributed by atoms with Gasteiger partial charge in [0.25, 0.3) is 0 Å². The van der Waals surface area contributed by atoms with Crippen LogP contribution in [-0.2, 0) is 14.3 Å². The Labute approximate surface area is 485 Å². The highest BCUT2D eigenvalue weighted by Gasteiger charge is 2.44. The van der Waals surface area contributed by atoms with Crippen LogP contribution in [0.3, 0.4) is 0 Å². The lowest BCUT2D eigenvalue weighted by molar-refractivity contribution is -0.302. The number of rotatable bonds is 56. The van der Waals surface area contributed by atoms with Crippen molar-refractivity contribution < 1.29 is 39.8 Å². The van der Waals surface area contributed by atoms with E-state index < -0.39 is 49.5 Å². The molecule has 0 aromatic carbocycles. The zero-order valence-electron chi connectivity index (χ0n) is 50.9. The molecule has 1 fully saturated rings. The number of amides is 1. The second-order valence-electron chi connectivity index (χ2n) is 22.5. The molecule has 9 nitrogen and oxygen atoms in total. The average Bonchev–Trinajstić information content (AvgIpc) is 3.46. The second-order valence-corrected chi connectivity index (χ2v) is 22.5. The van der Waals surface area contributed by atoms with Crippen LogP contribution in [0.5, 0.6) is 0 Å². The van der Waals surface area contributed by atoms with Crippen LogP contribution in [0.2, 0.25) is 0 Å². The summed E-state index contributed by atoms with van der Waals surface area (Å²) >= 11 is 0. The standard InChI is InChI=1S/C70H123NO8/c1-3-5-7-9-11-13-15-17-19-20-21-22-23-24-25-26-27-28-29-30-31-32-33-34-35-36-37-38-39-40-41-42-43-44-46-48-50-52-54-56-58-60-66(74)71-63(62-78-70-69(77)68(76)67(75)65(61-72)79-70)64(73)59-57-55-53-51-49-47-45-18-16-14-12-10-8-6-4-2/h5,7,11,13,17,19,21-22,24-25,27-28,49,51,57,59,63-65,67-70,72-73,75-77H,3-4,6,8-10,12,14-16,18,20,23,26,29-48,50,52-56,58,60-62H2,1-2H3,(H,71,74)/b7-5-,13-11-,19-17-,22-21-,25-24-,28-27-,51-49+,59-57+. The third-order valence-electron chi connectivity index (χ3n) is 15.1. The molecule has 1 saturated heterocycles. The fraction of sp³-hybridized carbons (Fsp3) is 0.757. The van der Waals surface area contributed by atoms with Crippen LogP contribution >= 0.6 is 0 Å². The van der Waals surface area contributed by atoms with E-state index in [9.17, 15) is 30.3 Å². The largest absolute Gasteiger partial charge is 0.394 e. The number of unbranched alkanes of at least 4 members (excludes halogenated alkanes) is 32. The normalized spacial score (nSPS) is 19.2. The molecule has 0 aliphatic carbocycles. The molecule has 456 valence electrons. The molecule has 1 heterocycles. The number of allylic oxidation sites excluding steroid dienone is 15. The van der Waals surface area contributed by atoms with E-state index in [1.165, 1.54) is 186 Å². The highest BCUT2D eigenvalue weighted by Crippen LogP contribution is 2.23. The van der Waals surface area contributed by atoms with Crippen molar-refractivity contribution in [2.75, 3.05) is 13.2 Å². The van der Waals surface area contributed by atoms with E-state index in [2.05, 4.69) is 104 Å². The minimum Gasteiger partial charge on any atom is -0.394 e. The fourth-order valence-corrected chi connectivity index (χ4v) is 10.0. The number of aliphatic hydroxyl groups excluding tert-OH is 5. The van der Waals surface area contributed by atoms with Crippen LogP contribution in [0.25, 0.3) is 0 Å². The van der Waals surface area contributed by atoms with Gasteiger partial charge in [-0.25, -0.2) is 0 Å². The van der Waals surface area contributed by atoms with E-state index >= 15 is 0 Å². The number of nitrogens with one attached hydrogen (secondary N) is 1. The third kappa shape index (κ3) is 47.3. The summed E-state index contributed by atoms with van der Waals surface area (Å²) in [5.41, 5.74) is 0. The average molecular weight is 1110 g/mol. The Bertz CT molecular complexity index is 1560. The third-order valence-corrected chi connectivity index (χ3v) is 15.1. The van der Waals surface area contributed by atoms with E-state index in [4.69, 9.17) is 9.47 Å². The van der Waals surface area contributed by atoms with E-state index in [-0.39, 0.29) is 12.5 Å². The number of carbonyl (C=O) groups excluding carboxylic acids is 1. The first-order valence-electron chi connectivity index (χ1n) is 33.0. The second kappa shape index (κ2) is 58.3. The molecule has 1 aliphatic heterocycles. The van der Waals surface area contributed by atoms with Gasteiger partial charge in [0.15, 0.2) is 6.29 Å². The van der Waals surface area contributed by atoms with Crippen LogP contribution < -0.4 is 5.32 Å². The lowest BCUT2D eigenvalue weighted by Gasteiger charge is -2.40. The smallest absolute Gasteiger partial charge is 0.220 e. The predicted molar refractivity (Wildman–Crippen MR) is 336 cm³/mol. The SMILES string of the molecule is CC/C=C\C/C=C\C/C=C\C/C=C\C/C=C\C/C=C\CCCCCCCCCCCCCCCCCCCCCCCCC(=O)NC(COC1OC(CO)C(O)C(O)C1O)C(O)/C=C/CC/C=C/CCCCCCCCCCC. The quantitative estimate of drug-likeness (QED) is 0.0261. The monoisotopic (exact) mass is 1110 g/mol. The van der Waals surface area contributed by atoms with Gasteiger partial charge in [0.05, 0.1) is 25.4 Å². The van der Waals surface area contributed by atoms with Crippen LogP contribution in [-0.4, -0.2) is 87.5 Å². The lowest BCUT2D eigenvalue weighted by Crippen LogP contribution is -2.60. The molecular formula is C70H123NO8. The molecule has 0 spiro atoms. The maximum Gasteiger partial charge on any atom is 0.220 e. The summed E-state index contributed by atoms with van der Waals surface area (Å²) in [4.78, 5) is 13.1. The molecule has 6 N–H and O–H groups in total. The van der Waals surface area contributed by atoms with Gasteiger partial charge in [-0.05, 0) is 83.5 Å². The van der Waals surface area contributed by atoms with Crippen molar-refractivity contribution in [3.63, 3.8) is 0 Å². The maximum absolute atomic E-state index is 13.1. The molecule has 0 bridgehead atoms. The van der Waals surface area contributed by atoms with Crippen molar-refractivity contribution >= 4 is 5.91 Å². The Morgan fingerprint density at radius 2 is 0.797 bits per heavy atom. The Morgan fingerprint density at radius 1 is 0.443 bits per heavy atom. The van der Waals surface area contributed by atoms with Crippen LogP contribution in [0.15, 0.2) is 97.2 Å². The van der Waals surface area contributed by atoms with Crippen LogP contribution in [0, 0.1) is 0 Å². The number of aliphatic hydroxyl groups is 5. The van der Waals surface area contributed by atoms with E-state index in [1.807, 2.05) is 6.08 Å². The van der Waals surface area contributed by atoms with Crippen LogP contribution in [0.1, 0.15) is 284 Å². The van der Waals surface area contributed by atoms with E-state index in [0.717, 1.165) is 77.0 Å². The Balaban J connectivity index is 2.06. The van der Waals surface area contributed by atoms with Crippen molar-refractivity contribution in [1.82, 2.24) is 5.32 Å². The number of hydrogen-bond acceptors (Lipinski definition) is 8. The minimum atomic E-state index is -1.57. The van der Waals surface area contributed by atoms with Gasteiger partial charge in [-0.1, -0.05) is 291 Å². The molecule has 7 atom stereocenters. The molecule has 79 heavy (non-hydrogen) atoms. The highest BCUT2D eigenvalue weighted by molar-refractivity contribution is 5.76. The molecule has 0 saturated carbocycles. The summed E-state index contributed by atoms with van der Waals surface area (Å²) < 4.78 is 11.3. The molecule has 1 rings (SSSR count). The minimum absolute atomic E-state index is 0.185. The molecule has 0 aromatic rings. The fourth-order valence-electron chi connectivity index (χ4n) is 10.0. The zero-order chi connectivity index (χ0) is 57.2.